The van der Waals surface area contributed by atoms with Crippen LogP contribution in [-0.4, -0.2) is 5.97 Å². The Kier molecular flexibility index (Phi) is 4.80. The Hall–Kier alpha value is -2.17. The van der Waals surface area contributed by atoms with Gasteiger partial charge < -0.3 is 4.74 Å². The molecular formula is C24H21BrO2S. The molecule has 0 aliphatic carbocycles. The lowest BCUT2D eigenvalue weighted by Crippen LogP contribution is -2.04. The van der Waals surface area contributed by atoms with Crippen molar-refractivity contribution in [1.82, 2.24) is 0 Å². The van der Waals surface area contributed by atoms with E-state index in [9.17, 15) is 4.79 Å². The van der Waals surface area contributed by atoms with Crippen LogP contribution in [0.15, 0.2) is 40.9 Å². The maximum absolute atomic E-state index is 11.5. The Morgan fingerprint density at radius 3 is 2.21 bits per heavy atom. The van der Waals surface area contributed by atoms with Gasteiger partial charge in [0.25, 0.3) is 0 Å². The summed E-state index contributed by atoms with van der Waals surface area (Å²) in [5.74, 6) is 0.367. The third-order valence-electron chi connectivity index (χ3n) is 5.26. The lowest BCUT2D eigenvalue weighted by Gasteiger charge is -2.16. The van der Waals surface area contributed by atoms with Gasteiger partial charge in [-0.2, -0.15) is 0 Å². The van der Waals surface area contributed by atoms with Gasteiger partial charge in [0.15, 0.2) is 0 Å². The highest BCUT2D eigenvalue weighted by atomic mass is 79.9. The molecule has 2 nitrogen and oxygen atoms in total. The van der Waals surface area contributed by atoms with Gasteiger partial charge in [0, 0.05) is 21.7 Å². The largest absolute Gasteiger partial charge is 0.426 e. The summed E-state index contributed by atoms with van der Waals surface area (Å²) in [6.45, 7) is 9.82. The molecule has 0 bridgehead atoms. The number of hydrogen-bond acceptors (Lipinski definition) is 3. The molecule has 4 heteroatoms. The molecule has 0 aliphatic rings. The topological polar surface area (TPSA) is 26.3 Å². The highest BCUT2D eigenvalue weighted by Crippen LogP contribution is 2.47. The first-order valence-corrected chi connectivity index (χ1v) is 10.8. The third-order valence-corrected chi connectivity index (χ3v) is 7.57. The molecule has 4 rings (SSSR count). The lowest BCUT2D eigenvalue weighted by atomic mass is 9.91. The van der Waals surface area contributed by atoms with E-state index in [1.807, 2.05) is 25.2 Å². The second kappa shape index (κ2) is 7.02. The molecule has 0 N–H and O–H groups in total. The highest BCUT2D eigenvalue weighted by molar-refractivity contribution is 9.11. The second-order valence-corrected chi connectivity index (χ2v) is 9.27. The Labute approximate surface area is 177 Å². The zero-order valence-corrected chi connectivity index (χ0v) is 19.0. The van der Waals surface area contributed by atoms with Crippen molar-refractivity contribution in [3.63, 3.8) is 0 Å². The van der Waals surface area contributed by atoms with Crippen molar-refractivity contribution in [3.05, 3.63) is 62.4 Å². The molecule has 0 amide bonds. The summed E-state index contributed by atoms with van der Waals surface area (Å²) in [6, 6.07) is 12.8. The number of thiophene rings is 1. The maximum atomic E-state index is 11.5. The van der Waals surface area contributed by atoms with Crippen LogP contribution in [0.2, 0.25) is 0 Å². The fourth-order valence-corrected chi connectivity index (χ4v) is 5.84. The van der Waals surface area contributed by atoms with E-state index in [2.05, 4.69) is 66.2 Å². The maximum Gasteiger partial charge on any atom is 0.308 e. The van der Waals surface area contributed by atoms with Crippen LogP contribution in [0.3, 0.4) is 0 Å². The minimum atomic E-state index is -0.292. The number of carbonyl (C=O) groups excluding carboxylic acids is 1. The number of halogens is 1. The van der Waals surface area contributed by atoms with Crippen LogP contribution in [0.4, 0.5) is 0 Å². The van der Waals surface area contributed by atoms with Crippen molar-refractivity contribution in [2.24, 2.45) is 0 Å². The van der Waals surface area contributed by atoms with Gasteiger partial charge in [0.2, 0.25) is 0 Å². The van der Waals surface area contributed by atoms with Gasteiger partial charge >= 0.3 is 5.97 Å². The number of hydrogen-bond donors (Lipinski definition) is 0. The molecule has 142 valence electrons. The first-order chi connectivity index (χ1) is 13.3. The van der Waals surface area contributed by atoms with Gasteiger partial charge in [-0.3, -0.25) is 4.79 Å². The number of fused-ring (bicyclic) bond motifs is 2. The predicted octanol–water partition coefficient (Wildman–Crippen LogP) is 7.64. The van der Waals surface area contributed by atoms with Gasteiger partial charge in [-0.1, -0.05) is 24.3 Å². The minimum absolute atomic E-state index is 0.292. The van der Waals surface area contributed by atoms with Crippen molar-refractivity contribution in [1.29, 1.82) is 0 Å². The van der Waals surface area contributed by atoms with Crippen LogP contribution < -0.4 is 4.74 Å². The molecule has 0 radical (unpaired) electrons. The molecule has 0 fully saturated rings. The molecule has 0 atom stereocenters. The fourth-order valence-electron chi connectivity index (χ4n) is 3.93. The minimum Gasteiger partial charge on any atom is -0.426 e. The highest BCUT2D eigenvalue weighted by Gasteiger charge is 2.20. The van der Waals surface area contributed by atoms with Crippen LogP contribution in [0.5, 0.6) is 5.75 Å². The van der Waals surface area contributed by atoms with Crippen LogP contribution in [0.25, 0.3) is 32.0 Å². The lowest BCUT2D eigenvalue weighted by molar-refractivity contribution is -0.131. The predicted molar refractivity (Wildman–Crippen MR) is 123 cm³/mol. The van der Waals surface area contributed by atoms with E-state index in [1.54, 1.807) is 0 Å². The average molecular weight is 453 g/mol. The SMILES string of the molecule is CC(=O)Oc1c(C)cc(-c2c3ccccc3c(Br)c3sc(C)c(C)c23)cc1C. The van der Waals surface area contributed by atoms with E-state index in [0.29, 0.717) is 5.75 Å². The number of ether oxygens (including phenoxy) is 1. The summed E-state index contributed by atoms with van der Waals surface area (Å²) in [4.78, 5) is 12.8. The quantitative estimate of drug-likeness (QED) is 0.230. The third kappa shape index (κ3) is 2.96. The number of aryl methyl sites for hydroxylation is 4. The molecule has 0 spiro atoms. The van der Waals surface area contributed by atoms with E-state index in [0.717, 1.165) is 21.2 Å². The molecule has 28 heavy (non-hydrogen) atoms. The van der Waals surface area contributed by atoms with E-state index in [4.69, 9.17) is 4.74 Å². The van der Waals surface area contributed by atoms with Gasteiger partial charge in [0.05, 0.1) is 4.70 Å². The smallest absolute Gasteiger partial charge is 0.308 e. The number of rotatable bonds is 2. The van der Waals surface area contributed by atoms with Crippen molar-refractivity contribution < 1.29 is 9.53 Å². The molecule has 0 saturated heterocycles. The molecule has 1 aromatic heterocycles. The monoisotopic (exact) mass is 452 g/mol. The van der Waals surface area contributed by atoms with E-state index in [-0.39, 0.29) is 5.97 Å². The molecule has 4 aromatic rings. The molecule has 1 heterocycles. The number of esters is 1. The fraction of sp³-hybridized carbons (Fsp3) is 0.208. The van der Waals surface area contributed by atoms with E-state index < -0.39 is 0 Å². The van der Waals surface area contributed by atoms with Crippen LogP contribution in [0, 0.1) is 27.7 Å². The Balaban J connectivity index is 2.14. The zero-order valence-electron chi connectivity index (χ0n) is 16.6. The van der Waals surface area contributed by atoms with Gasteiger partial charge in [-0.05, 0) is 94.3 Å². The molecule has 0 saturated carbocycles. The first-order valence-electron chi connectivity index (χ1n) is 9.19. The van der Waals surface area contributed by atoms with Gasteiger partial charge in [-0.15, -0.1) is 11.3 Å². The molecule has 0 aliphatic heterocycles. The zero-order chi connectivity index (χ0) is 20.2. The van der Waals surface area contributed by atoms with Gasteiger partial charge in [0.1, 0.15) is 5.75 Å². The van der Waals surface area contributed by atoms with E-state index >= 15 is 0 Å². The summed E-state index contributed by atoms with van der Waals surface area (Å²) in [5, 5.41) is 3.74. The standard InChI is InChI=1S/C24H21BrO2S/c1-12-10-17(11-13(2)23(12)27-16(5)26)21-18-8-6-7-9-19(18)22(25)24-20(21)14(3)15(4)28-24/h6-11H,1-5H3. The van der Waals surface area contributed by atoms with Gasteiger partial charge in [-0.25, -0.2) is 0 Å². The Bertz CT molecular complexity index is 1240. The number of carbonyl (C=O) groups is 1. The van der Waals surface area contributed by atoms with Crippen molar-refractivity contribution in [3.8, 4) is 16.9 Å². The van der Waals surface area contributed by atoms with Crippen molar-refractivity contribution in [2.45, 2.75) is 34.6 Å². The summed E-state index contributed by atoms with van der Waals surface area (Å²) >= 11 is 5.69. The van der Waals surface area contributed by atoms with Crippen molar-refractivity contribution >= 4 is 54.1 Å². The molecular weight excluding hydrogens is 432 g/mol. The van der Waals surface area contributed by atoms with Crippen LogP contribution in [0.1, 0.15) is 28.5 Å². The molecule has 0 unspecified atom stereocenters. The average Bonchev–Trinajstić information content (AvgIpc) is 2.94. The number of benzene rings is 3. The van der Waals surface area contributed by atoms with Crippen LogP contribution in [-0.2, 0) is 4.79 Å². The first kappa shape index (κ1) is 19.2. The second-order valence-electron chi connectivity index (χ2n) is 7.25. The normalized spacial score (nSPS) is 11.4. The summed E-state index contributed by atoms with van der Waals surface area (Å²) in [7, 11) is 0. The summed E-state index contributed by atoms with van der Waals surface area (Å²) in [5.41, 5.74) is 5.66. The van der Waals surface area contributed by atoms with Crippen LogP contribution >= 0.6 is 27.3 Å². The molecule has 3 aromatic carbocycles. The summed E-state index contributed by atoms with van der Waals surface area (Å²) < 4.78 is 7.89. The van der Waals surface area contributed by atoms with Crippen molar-refractivity contribution in [2.75, 3.05) is 0 Å². The van der Waals surface area contributed by atoms with E-state index in [1.165, 1.54) is 43.8 Å². The Morgan fingerprint density at radius 2 is 1.61 bits per heavy atom. The Morgan fingerprint density at radius 1 is 1.00 bits per heavy atom. The summed E-state index contributed by atoms with van der Waals surface area (Å²) in [6.07, 6.45) is 0.